The van der Waals surface area contributed by atoms with Gasteiger partial charge < -0.3 is 13.9 Å². The highest BCUT2D eigenvalue weighted by molar-refractivity contribution is 7.13. The lowest BCUT2D eigenvalue weighted by atomic mass is 10.2. The van der Waals surface area contributed by atoms with Gasteiger partial charge in [0.05, 0.1) is 12.0 Å². The van der Waals surface area contributed by atoms with Crippen LogP contribution in [-0.4, -0.2) is 35.5 Å². The second-order valence-corrected chi connectivity index (χ2v) is 8.03. The first-order valence-electron chi connectivity index (χ1n) is 9.68. The molecule has 1 fully saturated rings. The number of nitrogens with zero attached hydrogens (tertiary/aromatic N) is 2. The SMILES string of the molecule is COC(=O)[C@H]1CCCN1Cc1ccc(OCc2nc(-c3cccs3)oc2C)cc1. The van der Waals surface area contributed by atoms with Gasteiger partial charge in [-0.05, 0) is 55.5 Å². The molecule has 1 atom stereocenters. The average molecular weight is 413 g/mol. The average Bonchev–Trinajstić information content (AvgIpc) is 3.48. The van der Waals surface area contributed by atoms with E-state index in [2.05, 4.69) is 9.88 Å². The lowest BCUT2D eigenvalue weighted by Crippen LogP contribution is -2.36. The minimum Gasteiger partial charge on any atom is -0.487 e. The van der Waals surface area contributed by atoms with Crippen LogP contribution >= 0.6 is 11.3 Å². The standard InChI is InChI=1S/C22H24N2O4S/c1-15-18(23-21(28-15)20-6-4-12-29-20)14-27-17-9-7-16(8-10-17)13-24-11-3-5-19(24)22(25)26-2/h4,6-10,12,19H,3,5,11,13-14H2,1-2H3/t19-/m1/s1. The third-order valence-electron chi connectivity index (χ3n) is 5.15. The van der Waals surface area contributed by atoms with Gasteiger partial charge in [-0.3, -0.25) is 9.69 Å². The molecule has 3 heterocycles. The maximum Gasteiger partial charge on any atom is 0.323 e. The van der Waals surface area contributed by atoms with Gasteiger partial charge in [-0.25, -0.2) is 4.98 Å². The number of aromatic nitrogens is 1. The first kappa shape index (κ1) is 19.7. The first-order chi connectivity index (χ1) is 14.1. The maximum atomic E-state index is 11.9. The molecule has 1 aromatic carbocycles. The Labute approximate surface area is 174 Å². The number of oxazole rings is 1. The monoisotopic (exact) mass is 412 g/mol. The van der Waals surface area contributed by atoms with Crippen molar-refractivity contribution in [2.75, 3.05) is 13.7 Å². The van der Waals surface area contributed by atoms with Gasteiger partial charge in [0.25, 0.3) is 0 Å². The fraction of sp³-hybridized carbons (Fsp3) is 0.364. The van der Waals surface area contributed by atoms with E-state index in [9.17, 15) is 4.79 Å². The van der Waals surface area contributed by atoms with Crippen LogP contribution in [-0.2, 0) is 22.7 Å². The van der Waals surface area contributed by atoms with Crippen molar-refractivity contribution in [1.29, 1.82) is 0 Å². The van der Waals surface area contributed by atoms with E-state index in [0.29, 0.717) is 12.5 Å². The van der Waals surface area contributed by atoms with Crippen LogP contribution in [0.15, 0.2) is 46.2 Å². The Hall–Kier alpha value is -2.64. The summed E-state index contributed by atoms with van der Waals surface area (Å²) >= 11 is 1.60. The van der Waals surface area contributed by atoms with Gasteiger partial charge in [0.15, 0.2) is 0 Å². The van der Waals surface area contributed by atoms with Gasteiger partial charge in [-0.15, -0.1) is 11.3 Å². The quantitative estimate of drug-likeness (QED) is 0.535. The van der Waals surface area contributed by atoms with Gasteiger partial charge in [0, 0.05) is 6.54 Å². The predicted octanol–water partition coefficient (Wildman–Crippen LogP) is 4.43. The van der Waals surface area contributed by atoms with Crippen LogP contribution in [0.3, 0.4) is 0 Å². The second kappa shape index (κ2) is 8.80. The van der Waals surface area contributed by atoms with E-state index in [4.69, 9.17) is 13.9 Å². The lowest BCUT2D eigenvalue weighted by molar-refractivity contribution is -0.146. The van der Waals surface area contributed by atoms with Crippen molar-refractivity contribution in [3.8, 4) is 16.5 Å². The van der Waals surface area contributed by atoms with E-state index in [1.165, 1.54) is 7.11 Å². The molecular weight excluding hydrogens is 388 g/mol. The molecule has 0 radical (unpaired) electrons. The molecule has 29 heavy (non-hydrogen) atoms. The summed E-state index contributed by atoms with van der Waals surface area (Å²) in [7, 11) is 1.45. The van der Waals surface area contributed by atoms with E-state index in [-0.39, 0.29) is 12.0 Å². The predicted molar refractivity (Wildman–Crippen MR) is 111 cm³/mol. The molecule has 2 aromatic heterocycles. The number of hydrogen-bond acceptors (Lipinski definition) is 7. The zero-order valence-electron chi connectivity index (χ0n) is 16.6. The van der Waals surface area contributed by atoms with Crippen molar-refractivity contribution < 1.29 is 18.7 Å². The molecule has 0 aliphatic carbocycles. The van der Waals surface area contributed by atoms with Crippen molar-refractivity contribution >= 4 is 17.3 Å². The summed E-state index contributed by atoms with van der Waals surface area (Å²) in [6, 6.07) is 11.8. The molecule has 1 aliphatic heterocycles. The zero-order valence-corrected chi connectivity index (χ0v) is 17.4. The number of thiophene rings is 1. The molecule has 4 rings (SSSR count). The number of benzene rings is 1. The Balaban J connectivity index is 1.35. The number of rotatable bonds is 7. The Kier molecular flexibility index (Phi) is 5.97. The third-order valence-corrected chi connectivity index (χ3v) is 6.00. The third kappa shape index (κ3) is 4.52. The van der Waals surface area contributed by atoms with Crippen molar-refractivity contribution in [3.05, 3.63) is 58.8 Å². The molecule has 0 unspecified atom stereocenters. The molecule has 7 heteroatoms. The summed E-state index contributed by atoms with van der Waals surface area (Å²) in [4.78, 5) is 19.6. The number of carbonyl (C=O) groups excluding carboxylic acids is 1. The number of likely N-dealkylation sites (tertiary alicyclic amines) is 1. The number of methoxy groups -OCH3 is 1. The van der Waals surface area contributed by atoms with E-state index >= 15 is 0 Å². The van der Waals surface area contributed by atoms with E-state index in [1.54, 1.807) is 11.3 Å². The second-order valence-electron chi connectivity index (χ2n) is 7.08. The molecule has 0 saturated carbocycles. The molecule has 6 nitrogen and oxygen atoms in total. The molecule has 1 aliphatic rings. The van der Waals surface area contributed by atoms with Gasteiger partial charge in [-0.1, -0.05) is 18.2 Å². The summed E-state index contributed by atoms with van der Waals surface area (Å²) in [6.07, 6.45) is 1.88. The van der Waals surface area contributed by atoms with Crippen LogP contribution in [0.5, 0.6) is 5.75 Å². The molecule has 0 spiro atoms. The normalized spacial score (nSPS) is 16.8. The Morgan fingerprint density at radius 3 is 2.86 bits per heavy atom. The topological polar surface area (TPSA) is 64.8 Å². The van der Waals surface area contributed by atoms with Gasteiger partial charge in [-0.2, -0.15) is 0 Å². The molecule has 152 valence electrons. The number of carbonyl (C=O) groups is 1. The lowest BCUT2D eigenvalue weighted by Gasteiger charge is -2.22. The molecular formula is C22H24N2O4S. The number of esters is 1. The number of hydrogen-bond donors (Lipinski definition) is 0. The number of ether oxygens (including phenoxy) is 2. The van der Waals surface area contributed by atoms with Crippen LogP contribution in [0.4, 0.5) is 0 Å². The first-order valence-corrected chi connectivity index (χ1v) is 10.6. The highest BCUT2D eigenvalue weighted by Crippen LogP contribution is 2.27. The molecule has 1 saturated heterocycles. The summed E-state index contributed by atoms with van der Waals surface area (Å²) in [5.41, 5.74) is 1.95. The van der Waals surface area contributed by atoms with Crippen LogP contribution in [0, 0.1) is 6.92 Å². The smallest absolute Gasteiger partial charge is 0.323 e. The van der Waals surface area contributed by atoms with Crippen molar-refractivity contribution in [1.82, 2.24) is 9.88 Å². The highest BCUT2D eigenvalue weighted by atomic mass is 32.1. The van der Waals surface area contributed by atoms with Gasteiger partial charge in [0.2, 0.25) is 5.89 Å². The molecule has 0 amide bonds. The zero-order chi connectivity index (χ0) is 20.2. The minimum absolute atomic E-state index is 0.136. The Bertz CT molecular complexity index is 950. The summed E-state index contributed by atoms with van der Waals surface area (Å²) in [5.74, 6) is 2.04. The summed E-state index contributed by atoms with van der Waals surface area (Å²) < 4.78 is 16.6. The maximum absolute atomic E-state index is 11.9. The fourth-order valence-electron chi connectivity index (χ4n) is 3.56. The van der Waals surface area contributed by atoms with Crippen molar-refractivity contribution in [3.63, 3.8) is 0 Å². The fourth-order valence-corrected chi connectivity index (χ4v) is 4.21. The Morgan fingerprint density at radius 1 is 1.31 bits per heavy atom. The van der Waals surface area contributed by atoms with Crippen LogP contribution in [0.2, 0.25) is 0 Å². The van der Waals surface area contributed by atoms with Gasteiger partial charge >= 0.3 is 5.97 Å². The van der Waals surface area contributed by atoms with E-state index < -0.39 is 0 Å². The summed E-state index contributed by atoms with van der Waals surface area (Å²) in [6.45, 7) is 3.90. The molecule has 3 aromatic rings. The molecule has 0 N–H and O–H groups in total. The largest absolute Gasteiger partial charge is 0.487 e. The van der Waals surface area contributed by atoms with Crippen LogP contribution in [0.25, 0.3) is 10.8 Å². The van der Waals surface area contributed by atoms with E-state index in [0.717, 1.165) is 53.6 Å². The van der Waals surface area contributed by atoms with Gasteiger partial charge in [0.1, 0.15) is 29.9 Å². The van der Waals surface area contributed by atoms with Crippen molar-refractivity contribution in [2.24, 2.45) is 0 Å². The van der Waals surface area contributed by atoms with Crippen molar-refractivity contribution in [2.45, 2.75) is 39.0 Å². The summed E-state index contributed by atoms with van der Waals surface area (Å²) in [5, 5.41) is 2.00. The van der Waals surface area contributed by atoms with Crippen LogP contribution < -0.4 is 4.74 Å². The Morgan fingerprint density at radius 2 is 2.14 bits per heavy atom. The molecule has 0 bridgehead atoms. The number of aryl methyl sites for hydroxylation is 1. The highest BCUT2D eigenvalue weighted by Gasteiger charge is 2.31. The van der Waals surface area contributed by atoms with E-state index in [1.807, 2.05) is 48.7 Å². The van der Waals surface area contributed by atoms with Crippen LogP contribution in [0.1, 0.15) is 29.9 Å². The minimum atomic E-state index is -0.146.